The molecule has 0 spiro atoms. The second kappa shape index (κ2) is 8.10. The Labute approximate surface area is 180 Å². The molecule has 1 aliphatic rings. The predicted octanol–water partition coefficient (Wildman–Crippen LogP) is 4.21. The van der Waals surface area contributed by atoms with E-state index in [9.17, 15) is 0 Å². The highest BCUT2D eigenvalue weighted by atomic mass is 32.2. The van der Waals surface area contributed by atoms with Gasteiger partial charge in [0.15, 0.2) is 5.16 Å². The van der Waals surface area contributed by atoms with E-state index in [1.54, 1.807) is 11.8 Å². The summed E-state index contributed by atoms with van der Waals surface area (Å²) in [7, 11) is 0. The molecule has 1 saturated heterocycles. The number of aryl methyl sites for hydroxylation is 2. The molecule has 0 atom stereocenters. The third-order valence-electron chi connectivity index (χ3n) is 5.43. The standard InChI is InChI=1S/C22H25N7S/c1-16-13-17(2)28-14-18(24-20(28)23-16)15-30-22-26-25-21(27-11-7-4-8-12-27)29(22)19-9-5-3-6-10-19/h3,5-6,9-10,13-14H,4,7-8,11-12,15H2,1-2H3. The number of anilines is 1. The number of para-hydroxylation sites is 1. The number of thioether (sulfide) groups is 1. The van der Waals surface area contributed by atoms with Gasteiger partial charge in [0.05, 0.1) is 11.4 Å². The minimum atomic E-state index is 0.715. The Morgan fingerprint density at radius 1 is 0.967 bits per heavy atom. The highest BCUT2D eigenvalue weighted by molar-refractivity contribution is 7.98. The van der Waals surface area contributed by atoms with Crippen LogP contribution in [0.1, 0.15) is 36.3 Å². The Hall–Kier alpha value is -2.87. The van der Waals surface area contributed by atoms with Crippen LogP contribution < -0.4 is 4.90 Å². The number of benzene rings is 1. The van der Waals surface area contributed by atoms with Crippen LogP contribution in [-0.4, -0.2) is 42.2 Å². The molecule has 0 N–H and O–H groups in total. The van der Waals surface area contributed by atoms with Gasteiger partial charge in [0.2, 0.25) is 11.7 Å². The van der Waals surface area contributed by atoms with E-state index >= 15 is 0 Å². The van der Waals surface area contributed by atoms with E-state index < -0.39 is 0 Å². The van der Waals surface area contributed by atoms with Gasteiger partial charge in [-0.1, -0.05) is 30.0 Å². The zero-order valence-corrected chi connectivity index (χ0v) is 18.1. The molecule has 4 aromatic rings. The van der Waals surface area contributed by atoms with E-state index in [-0.39, 0.29) is 0 Å². The maximum atomic E-state index is 4.71. The molecule has 1 aromatic carbocycles. The lowest BCUT2D eigenvalue weighted by Crippen LogP contribution is -2.31. The molecule has 1 fully saturated rings. The molecule has 154 valence electrons. The van der Waals surface area contributed by atoms with E-state index in [1.165, 1.54) is 19.3 Å². The molecule has 3 aromatic heterocycles. The van der Waals surface area contributed by atoms with Gasteiger partial charge in [-0.05, 0) is 51.3 Å². The maximum absolute atomic E-state index is 4.71. The quantitative estimate of drug-likeness (QED) is 0.452. The number of imidazole rings is 1. The average molecular weight is 420 g/mol. The smallest absolute Gasteiger partial charge is 0.234 e. The van der Waals surface area contributed by atoms with Crippen molar-refractivity contribution >= 4 is 23.5 Å². The summed E-state index contributed by atoms with van der Waals surface area (Å²) in [6.07, 6.45) is 5.77. The number of rotatable bonds is 5. The molecule has 5 rings (SSSR count). The molecule has 1 aliphatic heterocycles. The number of nitrogens with zero attached hydrogens (tertiary/aromatic N) is 7. The Bertz CT molecular complexity index is 1160. The number of hydrogen-bond donors (Lipinski definition) is 0. The van der Waals surface area contributed by atoms with Crippen LogP contribution in [0.2, 0.25) is 0 Å². The van der Waals surface area contributed by atoms with Crippen LogP contribution in [-0.2, 0) is 5.75 Å². The van der Waals surface area contributed by atoms with E-state index in [2.05, 4.69) is 68.1 Å². The number of piperidine rings is 1. The van der Waals surface area contributed by atoms with Gasteiger partial charge in [-0.25, -0.2) is 9.97 Å². The van der Waals surface area contributed by atoms with Crippen molar-refractivity contribution in [3.63, 3.8) is 0 Å². The average Bonchev–Trinajstić information content (AvgIpc) is 3.37. The van der Waals surface area contributed by atoms with Crippen molar-refractivity contribution in [3.05, 3.63) is 59.7 Å². The minimum Gasteiger partial charge on any atom is -0.341 e. The molecule has 4 heterocycles. The van der Waals surface area contributed by atoms with Crippen LogP contribution in [0.15, 0.2) is 47.8 Å². The lowest BCUT2D eigenvalue weighted by Gasteiger charge is -2.27. The molecule has 0 bridgehead atoms. The summed E-state index contributed by atoms with van der Waals surface area (Å²) < 4.78 is 4.23. The van der Waals surface area contributed by atoms with Crippen molar-refractivity contribution in [1.29, 1.82) is 0 Å². The zero-order chi connectivity index (χ0) is 20.5. The summed E-state index contributed by atoms with van der Waals surface area (Å²) >= 11 is 1.66. The molecule has 8 heteroatoms. The normalized spacial score (nSPS) is 14.5. The second-order valence-electron chi connectivity index (χ2n) is 7.73. The number of hydrogen-bond acceptors (Lipinski definition) is 6. The minimum absolute atomic E-state index is 0.715. The monoisotopic (exact) mass is 419 g/mol. The van der Waals surface area contributed by atoms with Crippen LogP contribution in [0.4, 0.5) is 5.95 Å². The van der Waals surface area contributed by atoms with Gasteiger partial charge in [0, 0.05) is 36.4 Å². The van der Waals surface area contributed by atoms with Crippen molar-refractivity contribution in [2.45, 2.75) is 44.0 Å². The molecule has 0 aliphatic carbocycles. The van der Waals surface area contributed by atoms with Crippen molar-refractivity contribution in [1.82, 2.24) is 29.1 Å². The second-order valence-corrected chi connectivity index (χ2v) is 8.67. The molecule has 30 heavy (non-hydrogen) atoms. The van der Waals surface area contributed by atoms with Gasteiger partial charge in [0.1, 0.15) is 0 Å². The zero-order valence-electron chi connectivity index (χ0n) is 17.3. The van der Waals surface area contributed by atoms with Crippen molar-refractivity contribution < 1.29 is 0 Å². The maximum Gasteiger partial charge on any atom is 0.234 e. The van der Waals surface area contributed by atoms with E-state index in [0.29, 0.717) is 5.75 Å². The fourth-order valence-electron chi connectivity index (χ4n) is 3.98. The first-order chi connectivity index (χ1) is 14.7. The fraction of sp³-hybridized carbons (Fsp3) is 0.364. The summed E-state index contributed by atoms with van der Waals surface area (Å²) in [6, 6.07) is 12.5. The third-order valence-corrected chi connectivity index (χ3v) is 6.39. The van der Waals surface area contributed by atoms with Crippen molar-refractivity contribution in [2.75, 3.05) is 18.0 Å². The molecule has 0 radical (unpaired) electrons. The van der Waals surface area contributed by atoms with Gasteiger partial charge in [0.25, 0.3) is 0 Å². The lowest BCUT2D eigenvalue weighted by atomic mass is 10.1. The van der Waals surface area contributed by atoms with Gasteiger partial charge in [-0.15, -0.1) is 10.2 Å². The van der Waals surface area contributed by atoms with Gasteiger partial charge in [-0.2, -0.15) is 0 Å². The Morgan fingerprint density at radius 2 is 1.77 bits per heavy atom. The van der Waals surface area contributed by atoms with Crippen LogP contribution in [0, 0.1) is 13.8 Å². The highest BCUT2D eigenvalue weighted by Crippen LogP contribution is 2.30. The number of fused-ring (bicyclic) bond motifs is 1. The lowest BCUT2D eigenvalue weighted by molar-refractivity contribution is 0.564. The third kappa shape index (κ3) is 3.67. The SMILES string of the molecule is Cc1cc(C)n2cc(CSc3nnc(N4CCCCC4)n3-c3ccccc3)nc2n1. The topological polar surface area (TPSA) is 64.1 Å². The summed E-state index contributed by atoms with van der Waals surface area (Å²) in [5, 5.41) is 10.0. The first-order valence-corrected chi connectivity index (χ1v) is 11.4. The summed E-state index contributed by atoms with van der Waals surface area (Å²) in [6.45, 7) is 6.15. The summed E-state index contributed by atoms with van der Waals surface area (Å²) in [5.41, 5.74) is 4.21. The Kier molecular flexibility index (Phi) is 5.16. The molecule has 7 nitrogen and oxygen atoms in total. The van der Waals surface area contributed by atoms with Gasteiger partial charge >= 0.3 is 0 Å². The molecular weight excluding hydrogens is 394 g/mol. The van der Waals surface area contributed by atoms with Crippen LogP contribution in [0.5, 0.6) is 0 Å². The van der Waals surface area contributed by atoms with Gasteiger partial charge in [-0.3, -0.25) is 8.97 Å². The highest BCUT2D eigenvalue weighted by Gasteiger charge is 2.21. The first kappa shape index (κ1) is 19.1. The van der Waals surface area contributed by atoms with E-state index in [4.69, 9.17) is 4.98 Å². The van der Waals surface area contributed by atoms with E-state index in [1.807, 2.05) is 17.4 Å². The van der Waals surface area contributed by atoms with Crippen LogP contribution in [0.25, 0.3) is 11.5 Å². The summed E-state index contributed by atoms with van der Waals surface area (Å²) in [4.78, 5) is 11.6. The Morgan fingerprint density at radius 3 is 2.57 bits per heavy atom. The first-order valence-electron chi connectivity index (χ1n) is 10.4. The summed E-state index contributed by atoms with van der Waals surface area (Å²) in [5.74, 6) is 2.40. The molecule has 0 amide bonds. The predicted molar refractivity (Wildman–Crippen MR) is 119 cm³/mol. The molecule has 0 saturated carbocycles. The Balaban J connectivity index is 1.45. The van der Waals surface area contributed by atoms with Crippen LogP contribution >= 0.6 is 11.8 Å². The van der Waals surface area contributed by atoms with Crippen LogP contribution in [0.3, 0.4) is 0 Å². The van der Waals surface area contributed by atoms with Crippen molar-refractivity contribution in [2.24, 2.45) is 0 Å². The largest absolute Gasteiger partial charge is 0.341 e. The molecule has 0 unspecified atom stereocenters. The molecular formula is C22H25N7S. The van der Waals surface area contributed by atoms with Crippen molar-refractivity contribution in [3.8, 4) is 5.69 Å². The number of aromatic nitrogens is 6. The van der Waals surface area contributed by atoms with E-state index in [0.717, 1.165) is 52.7 Å². The fourth-order valence-corrected chi connectivity index (χ4v) is 4.81. The van der Waals surface area contributed by atoms with Gasteiger partial charge < -0.3 is 4.90 Å².